The van der Waals surface area contributed by atoms with E-state index in [0.29, 0.717) is 0 Å². The van der Waals surface area contributed by atoms with Crippen molar-refractivity contribution in [3.8, 4) is 11.3 Å². The standard InChI is InChI=1S/C14H20N4/c1-14(2,3)17-7-8-18-10-13(16-11-18)12-5-4-6-15-9-12/h4-6,9-11,17H,7-8H2,1-3H3. The van der Waals surface area contributed by atoms with Gasteiger partial charge in [0.1, 0.15) is 0 Å². The zero-order valence-corrected chi connectivity index (χ0v) is 11.2. The molecule has 0 bridgehead atoms. The Hall–Kier alpha value is -1.68. The molecule has 0 fully saturated rings. The molecule has 1 N–H and O–H groups in total. The molecule has 2 aromatic rings. The fourth-order valence-corrected chi connectivity index (χ4v) is 1.71. The van der Waals surface area contributed by atoms with Gasteiger partial charge in [0, 0.05) is 42.8 Å². The fraction of sp³-hybridized carbons (Fsp3) is 0.429. The molecule has 4 heteroatoms. The predicted octanol–water partition coefficient (Wildman–Crippen LogP) is 2.33. The van der Waals surface area contributed by atoms with E-state index in [1.165, 1.54) is 0 Å². The SMILES string of the molecule is CC(C)(C)NCCn1cnc(-c2cccnc2)c1. The van der Waals surface area contributed by atoms with Crippen molar-refractivity contribution in [3.63, 3.8) is 0 Å². The Labute approximate surface area is 108 Å². The molecule has 96 valence electrons. The van der Waals surface area contributed by atoms with Crippen LogP contribution in [0.3, 0.4) is 0 Å². The number of nitrogens with one attached hydrogen (secondary N) is 1. The van der Waals surface area contributed by atoms with Gasteiger partial charge in [-0.25, -0.2) is 4.98 Å². The first-order chi connectivity index (χ1) is 8.54. The molecule has 2 rings (SSSR count). The van der Waals surface area contributed by atoms with Gasteiger partial charge in [-0.3, -0.25) is 4.98 Å². The Morgan fingerprint density at radius 2 is 2.17 bits per heavy atom. The van der Waals surface area contributed by atoms with Crippen LogP contribution >= 0.6 is 0 Å². The van der Waals surface area contributed by atoms with Crippen molar-refractivity contribution < 1.29 is 0 Å². The summed E-state index contributed by atoms with van der Waals surface area (Å²) in [5.74, 6) is 0. The van der Waals surface area contributed by atoms with Crippen LogP contribution in [0.1, 0.15) is 20.8 Å². The van der Waals surface area contributed by atoms with Crippen LogP contribution in [-0.2, 0) is 6.54 Å². The van der Waals surface area contributed by atoms with Crippen molar-refractivity contribution in [1.82, 2.24) is 19.9 Å². The average Bonchev–Trinajstić information content (AvgIpc) is 2.77. The number of hydrogen-bond acceptors (Lipinski definition) is 3. The molecule has 0 radical (unpaired) electrons. The minimum absolute atomic E-state index is 0.159. The van der Waals surface area contributed by atoms with E-state index in [2.05, 4.69) is 46.8 Å². The minimum Gasteiger partial charge on any atom is -0.336 e. The van der Waals surface area contributed by atoms with Gasteiger partial charge in [0.2, 0.25) is 0 Å². The van der Waals surface area contributed by atoms with Gasteiger partial charge in [-0.1, -0.05) is 0 Å². The molecule has 2 heterocycles. The van der Waals surface area contributed by atoms with Crippen LogP contribution in [0.4, 0.5) is 0 Å². The van der Waals surface area contributed by atoms with Crippen molar-refractivity contribution >= 4 is 0 Å². The normalized spacial score (nSPS) is 11.7. The van der Waals surface area contributed by atoms with E-state index < -0.39 is 0 Å². The Morgan fingerprint density at radius 1 is 1.33 bits per heavy atom. The maximum Gasteiger partial charge on any atom is 0.0954 e. The van der Waals surface area contributed by atoms with E-state index in [1.807, 2.05) is 24.7 Å². The molecule has 0 aliphatic heterocycles. The third-order valence-corrected chi connectivity index (χ3v) is 2.62. The molecule has 0 aromatic carbocycles. The predicted molar refractivity (Wildman–Crippen MR) is 73.2 cm³/mol. The van der Waals surface area contributed by atoms with E-state index >= 15 is 0 Å². The van der Waals surface area contributed by atoms with Gasteiger partial charge in [-0.15, -0.1) is 0 Å². The second-order valence-electron chi connectivity index (χ2n) is 5.42. The van der Waals surface area contributed by atoms with Crippen LogP contribution in [0.2, 0.25) is 0 Å². The Morgan fingerprint density at radius 3 is 2.83 bits per heavy atom. The van der Waals surface area contributed by atoms with E-state index in [9.17, 15) is 0 Å². The van der Waals surface area contributed by atoms with Gasteiger partial charge in [-0.2, -0.15) is 0 Å². The summed E-state index contributed by atoms with van der Waals surface area (Å²) in [5.41, 5.74) is 2.19. The quantitative estimate of drug-likeness (QED) is 0.897. The summed E-state index contributed by atoms with van der Waals surface area (Å²) < 4.78 is 2.10. The van der Waals surface area contributed by atoms with Gasteiger partial charge in [0.25, 0.3) is 0 Å². The highest BCUT2D eigenvalue weighted by atomic mass is 15.1. The molecule has 0 aliphatic carbocycles. The lowest BCUT2D eigenvalue weighted by Crippen LogP contribution is -2.37. The summed E-state index contributed by atoms with van der Waals surface area (Å²) in [6, 6.07) is 3.95. The van der Waals surface area contributed by atoms with Gasteiger partial charge >= 0.3 is 0 Å². The topological polar surface area (TPSA) is 42.7 Å². The summed E-state index contributed by atoms with van der Waals surface area (Å²) >= 11 is 0. The zero-order valence-electron chi connectivity index (χ0n) is 11.2. The highest BCUT2D eigenvalue weighted by Gasteiger charge is 2.08. The van der Waals surface area contributed by atoms with Gasteiger partial charge in [-0.05, 0) is 32.9 Å². The molecule has 18 heavy (non-hydrogen) atoms. The zero-order chi connectivity index (χ0) is 13.0. The van der Waals surface area contributed by atoms with Crippen molar-refractivity contribution in [2.45, 2.75) is 32.9 Å². The number of nitrogens with zero attached hydrogens (tertiary/aromatic N) is 3. The smallest absolute Gasteiger partial charge is 0.0954 e. The van der Waals surface area contributed by atoms with E-state index in [-0.39, 0.29) is 5.54 Å². The second kappa shape index (κ2) is 5.31. The highest BCUT2D eigenvalue weighted by molar-refractivity contribution is 5.56. The number of aromatic nitrogens is 3. The van der Waals surface area contributed by atoms with E-state index in [0.717, 1.165) is 24.3 Å². The number of imidazole rings is 1. The first-order valence-corrected chi connectivity index (χ1v) is 6.22. The largest absolute Gasteiger partial charge is 0.336 e. The molecule has 0 saturated heterocycles. The number of pyridine rings is 1. The summed E-state index contributed by atoms with van der Waals surface area (Å²) in [6.45, 7) is 8.36. The van der Waals surface area contributed by atoms with Crippen LogP contribution in [0, 0.1) is 0 Å². The molecule has 0 saturated carbocycles. The fourth-order valence-electron chi connectivity index (χ4n) is 1.71. The van der Waals surface area contributed by atoms with Crippen LogP contribution in [0.25, 0.3) is 11.3 Å². The Balaban J connectivity index is 1.95. The number of hydrogen-bond donors (Lipinski definition) is 1. The van der Waals surface area contributed by atoms with E-state index in [1.54, 1.807) is 6.20 Å². The molecular formula is C14H20N4. The van der Waals surface area contributed by atoms with Crippen LogP contribution in [0.15, 0.2) is 37.1 Å². The van der Waals surface area contributed by atoms with Crippen LogP contribution in [-0.4, -0.2) is 26.6 Å². The maximum atomic E-state index is 4.40. The average molecular weight is 244 g/mol. The molecular weight excluding hydrogens is 224 g/mol. The lowest BCUT2D eigenvalue weighted by molar-refractivity contribution is 0.412. The third kappa shape index (κ3) is 3.67. The third-order valence-electron chi connectivity index (χ3n) is 2.62. The summed E-state index contributed by atoms with van der Waals surface area (Å²) in [5, 5.41) is 3.46. The highest BCUT2D eigenvalue weighted by Crippen LogP contribution is 2.14. The van der Waals surface area contributed by atoms with Gasteiger partial charge in [0.05, 0.1) is 12.0 Å². The molecule has 4 nitrogen and oxygen atoms in total. The first kappa shape index (κ1) is 12.8. The summed E-state index contributed by atoms with van der Waals surface area (Å²) in [7, 11) is 0. The van der Waals surface area contributed by atoms with Gasteiger partial charge in [0.15, 0.2) is 0 Å². The molecule has 2 aromatic heterocycles. The van der Waals surface area contributed by atoms with Crippen molar-refractivity contribution in [3.05, 3.63) is 37.1 Å². The Kier molecular flexibility index (Phi) is 3.77. The summed E-state index contributed by atoms with van der Waals surface area (Å²) in [4.78, 5) is 8.50. The van der Waals surface area contributed by atoms with Crippen molar-refractivity contribution in [1.29, 1.82) is 0 Å². The van der Waals surface area contributed by atoms with Crippen LogP contribution < -0.4 is 5.32 Å². The van der Waals surface area contributed by atoms with Gasteiger partial charge < -0.3 is 9.88 Å². The second-order valence-corrected chi connectivity index (χ2v) is 5.42. The van der Waals surface area contributed by atoms with Crippen molar-refractivity contribution in [2.75, 3.05) is 6.54 Å². The monoisotopic (exact) mass is 244 g/mol. The maximum absolute atomic E-state index is 4.40. The lowest BCUT2D eigenvalue weighted by Gasteiger charge is -2.20. The number of rotatable bonds is 4. The summed E-state index contributed by atoms with van der Waals surface area (Å²) in [6.07, 6.45) is 7.53. The van der Waals surface area contributed by atoms with Crippen LogP contribution in [0.5, 0.6) is 0 Å². The molecule has 0 atom stereocenters. The first-order valence-electron chi connectivity index (χ1n) is 6.22. The lowest BCUT2D eigenvalue weighted by atomic mass is 10.1. The van der Waals surface area contributed by atoms with E-state index in [4.69, 9.17) is 0 Å². The minimum atomic E-state index is 0.159. The molecule has 0 amide bonds. The Bertz CT molecular complexity index is 482. The molecule has 0 spiro atoms. The van der Waals surface area contributed by atoms with Crippen molar-refractivity contribution in [2.24, 2.45) is 0 Å². The molecule has 0 aliphatic rings. The molecule has 0 unspecified atom stereocenters.